The number of carbonyl (C=O) groups excluding carboxylic acids is 1. The van der Waals surface area contributed by atoms with Crippen molar-refractivity contribution >= 4 is 11.6 Å². The number of primary amides is 1. The van der Waals surface area contributed by atoms with Crippen molar-refractivity contribution < 1.29 is 20.1 Å². The number of nitrogen functional groups attached to an aromatic ring is 1. The second-order valence-electron chi connectivity index (χ2n) is 3.11. The van der Waals surface area contributed by atoms with Gasteiger partial charge in [-0.05, 0) is 17.7 Å². The molecule has 0 bridgehead atoms. The highest BCUT2D eigenvalue weighted by atomic mass is 16.3. The molecule has 0 aliphatic heterocycles. The molecule has 0 spiro atoms. The maximum atomic E-state index is 10.6. The van der Waals surface area contributed by atoms with Crippen LogP contribution in [0.5, 0.6) is 5.75 Å². The normalized spacial score (nSPS) is 14.5. The number of aliphatic hydroxyl groups excluding tert-OH is 2. The van der Waals surface area contributed by atoms with Crippen molar-refractivity contribution in [1.82, 2.24) is 0 Å². The lowest BCUT2D eigenvalue weighted by Crippen LogP contribution is -2.33. The van der Waals surface area contributed by atoms with E-state index in [0.717, 1.165) is 6.07 Å². The molecule has 0 aromatic heterocycles. The summed E-state index contributed by atoms with van der Waals surface area (Å²) in [7, 11) is 0. The third-order valence-electron chi connectivity index (χ3n) is 1.99. The number of aliphatic hydroxyl groups is 2. The van der Waals surface area contributed by atoms with E-state index in [1.165, 1.54) is 12.1 Å². The van der Waals surface area contributed by atoms with Crippen LogP contribution in [0, 0.1) is 0 Å². The van der Waals surface area contributed by atoms with Gasteiger partial charge >= 0.3 is 0 Å². The van der Waals surface area contributed by atoms with Gasteiger partial charge in [0.1, 0.15) is 11.9 Å². The number of anilines is 1. The zero-order valence-electron chi connectivity index (χ0n) is 7.79. The second kappa shape index (κ2) is 4.16. The van der Waals surface area contributed by atoms with E-state index >= 15 is 0 Å². The summed E-state index contributed by atoms with van der Waals surface area (Å²) in [5.41, 5.74) is 10.4. The van der Waals surface area contributed by atoms with E-state index in [1.54, 1.807) is 0 Å². The predicted molar refractivity (Wildman–Crippen MR) is 52.7 cm³/mol. The van der Waals surface area contributed by atoms with Crippen LogP contribution >= 0.6 is 0 Å². The Balaban J connectivity index is 2.96. The van der Waals surface area contributed by atoms with Crippen LogP contribution in [-0.4, -0.2) is 27.3 Å². The number of nitrogens with two attached hydrogens (primary N) is 2. The highest BCUT2D eigenvalue weighted by molar-refractivity contribution is 5.79. The molecule has 0 saturated heterocycles. The maximum absolute atomic E-state index is 10.6. The van der Waals surface area contributed by atoms with E-state index in [0.29, 0.717) is 0 Å². The first-order chi connectivity index (χ1) is 6.93. The van der Waals surface area contributed by atoms with Crippen LogP contribution in [0.2, 0.25) is 0 Å². The number of aromatic hydroxyl groups is 1. The molecular formula is C9H12N2O4. The van der Waals surface area contributed by atoms with Gasteiger partial charge in [0.2, 0.25) is 5.91 Å². The minimum absolute atomic E-state index is 0.138. The summed E-state index contributed by atoms with van der Waals surface area (Å²) in [6.45, 7) is 0. The first kappa shape index (κ1) is 11.3. The number of benzene rings is 1. The molecule has 7 N–H and O–H groups in total. The Kier molecular flexibility index (Phi) is 3.13. The lowest BCUT2D eigenvalue weighted by atomic mass is 10.0. The van der Waals surface area contributed by atoms with Crippen LogP contribution in [-0.2, 0) is 4.79 Å². The molecule has 0 heterocycles. The van der Waals surface area contributed by atoms with E-state index in [4.69, 9.17) is 11.5 Å². The van der Waals surface area contributed by atoms with Gasteiger partial charge in [0.15, 0.2) is 6.10 Å². The summed E-state index contributed by atoms with van der Waals surface area (Å²) < 4.78 is 0. The monoisotopic (exact) mass is 212 g/mol. The highest BCUT2D eigenvalue weighted by Gasteiger charge is 2.23. The molecule has 1 aromatic carbocycles. The van der Waals surface area contributed by atoms with Crippen molar-refractivity contribution in [2.24, 2.45) is 5.73 Å². The van der Waals surface area contributed by atoms with Gasteiger partial charge in [-0.3, -0.25) is 4.79 Å². The molecule has 0 aliphatic carbocycles. The van der Waals surface area contributed by atoms with Crippen LogP contribution in [0.1, 0.15) is 11.7 Å². The Morgan fingerprint density at radius 2 is 1.93 bits per heavy atom. The van der Waals surface area contributed by atoms with Gasteiger partial charge in [0, 0.05) is 0 Å². The van der Waals surface area contributed by atoms with Crippen molar-refractivity contribution in [3.8, 4) is 5.75 Å². The smallest absolute Gasteiger partial charge is 0.249 e. The quantitative estimate of drug-likeness (QED) is 0.319. The summed E-state index contributed by atoms with van der Waals surface area (Å²) in [6, 6.07) is 3.89. The van der Waals surface area contributed by atoms with Crippen molar-refractivity contribution in [1.29, 1.82) is 0 Å². The van der Waals surface area contributed by atoms with Gasteiger partial charge in [0.05, 0.1) is 5.69 Å². The van der Waals surface area contributed by atoms with Crippen LogP contribution in [0.25, 0.3) is 0 Å². The van der Waals surface area contributed by atoms with Gasteiger partial charge in [-0.2, -0.15) is 0 Å². The average Bonchev–Trinajstić information content (AvgIpc) is 2.19. The fourth-order valence-corrected chi connectivity index (χ4v) is 1.08. The molecule has 6 heteroatoms. The SMILES string of the molecule is NC(=O)C(O)C(O)c1ccc(N)c(O)c1. The van der Waals surface area contributed by atoms with Gasteiger partial charge in [-0.25, -0.2) is 0 Å². The third-order valence-corrected chi connectivity index (χ3v) is 1.99. The molecule has 2 atom stereocenters. The van der Waals surface area contributed by atoms with Crippen molar-refractivity contribution in [3.05, 3.63) is 23.8 Å². The first-order valence-electron chi connectivity index (χ1n) is 4.17. The molecule has 1 rings (SSSR count). The van der Waals surface area contributed by atoms with Gasteiger partial charge in [-0.15, -0.1) is 0 Å². The van der Waals surface area contributed by atoms with Crippen molar-refractivity contribution in [2.45, 2.75) is 12.2 Å². The average molecular weight is 212 g/mol. The van der Waals surface area contributed by atoms with E-state index in [1.807, 2.05) is 0 Å². The molecule has 1 amide bonds. The Labute approximate surface area is 85.8 Å². The number of amides is 1. The minimum atomic E-state index is -1.71. The summed E-state index contributed by atoms with van der Waals surface area (Å²) in [6.07, 6.45) is -3.19. The van der Waals surface area contributed by atoms with Gasteiger partial charge in [-0.1, -0.05) is 6.07 Å². The standard InChI is InChI=1S/C9H12N2O4/c10-5-2-1-4(3-6(5)12)7(13)8(14)9(11)15/h1-3,7-8,12-14H,10H2,(H2,11,15). The van der Waals surface area contributed by atoms with Crippen LogP contribution < -0.4 is 11.5 Å². The molecule has 6 nitrogen and oxygen atoms in total. The van der Waals surface area contributed by atoms with E-state index in [9.17, 15) is 20.1 Å². The minimum Gasteiger partial charge on any atom is -0.506 e. The van der Waals surface area contributed by atoms with Crippen LogP contribution in [0.15, 0.2) is 18.2 Å². The Morgan fingerprint density at radius 3 is 2.40 bits per heavy atom. The van der Waals surface area contributed by atoms with Crippen LogP contribution in [0.3, 0.4) is 0 Å². The molecule has 0 radical (unpaired) electrons. The highest BCUT2D eigenvalue weighted by Crippen LogP contribution is 2.25. The molecule has 15 heavy (non-hydrogen) atoms. The predicted octanol–water partition coefficient (Wildman–Crippen LogP) is -1.15. The molecule has 82 valence electrons. The zero-order chi connectivity index (χ0) is 11.6. The number of hydrogen-bond acceptors (Lipinski definition) is 5. The molecule has 2 unspecified atom stereocenters. The molecule has 0 aliphatic rings. The van der Waals surface area contributed by atoms with Crippen molar-refractivity contribution in [3.63, 3.8) is 0 Å². The zero-order valence-corrected chi connectivity index (χ0v) is 7.79. The van der Waals surface area contributed by atoms with E-state index in [2.05, 4.69) is 0 Å². The summed E-state index contributed by atoms with van der Waals surface area (Å²) in [5.74, 6) is -1.28. The van der Waals surface area contributed by atoms with Gasteiger partial charge in [0.25, 0.3) is 0 Å². The largest absolute Gasteiger partial charge is 0.506 e. The fraction of sp³-hybridized carbons (Fsp3) is 0.222. The summed E-state index contributed by atoms with van der Waals surface area (Å²) in [5, 5.41) is 27.9. The van der Waals surface area contributed by atoms with E-state index in [-0.39, 0.29) is 17.0 Å². The number of hydrogen-bond donors (Lipinski definition) is 5. The van der Waals surface area contributed by atoms with Crippen LogP contribution in [0.4, 0.5) is 5.69 Å². The van der Waals surface area contributed by atoms with E-state index < -0.39 is 18.1 Å². The number of carbonyl (C=O) groups is 1. The Bertz CT molecular complexity index is 380. The molecular weight excluding hydrogens is 200 g/mol. The molecule has 1 aromatic rings. The Morgan fingerprint density at radius 1 is 1.33 bits per heavy atom. The first-order valence-corrected chi connectivity index (χ1v) is 4.17. The summed E-state index contributed by atoms with van der Waals surface area (Å²) >= 11 is 0. The molecule has 0 saturated carbocycles. The van der Waals surface area contributed by atoms with Gasteiger partial charge < -0.3 is 26.8 Å². The molecule has 0 fully saturated rings. The van der Waals surface area contributed by atoms with Crippen molar-refractivity contribution in [2.75, 3.05) is 5.73 Å². The lowest BCUT2D eigenvalue weighted by Gasteiger charge is -2.15. The summed E-state index contributed by atoms with van der Waals surface area (Å²) in [4.78, 5) is 10.6. The third kappa shape index (κ3) is 2.36. The maximum Gasteiger partial charge on any atom is 0.249 e. The topological polar surface area (TPSA) is 130 Å². The number of rotatable bonds is 3. The lowest BCUT2D eigenvalue weighted by molar-refractivity contribution is -0.131. The number of phenols is 1. The Hall–Kier alpha value is -1.79. The second-order valence-corrected chi connectivity index (χ2v) is 3.11. The fourth-order valence-electron chi connectivity index (χ4n) is 1.08. The number of phenolic OH excluding ortho intramolecular Hbond substituents is 1.